The molecule has 1 aromatic heterocycles. The van der Waals surface area contributed by atoms with Crippen LogP contribution in [0, 0.1) is 0 Å². The predicted molar refractivity (Wildman–Crippen MR) is 57.8 cm³/mol. The van der Waals surface area contributed by atoms with Crippen LogP contribution < -0.4 is 4.72 Å². The van der Waals surface area contributed by atoms with E-state index in [1.54, 1.807) is 6.07 Å². The third kappa shape index (κ3) is 4.41. The fourth-order valence-corrected chi connectivity index (χ4v) is 2.31. The van der Waals surface area contributed by atoms with Crippen LogP contribution in [0.1, 0.15) is 14.5 Å². The van der Waals surface area contributed by atoms with Gasteiger partial charge in [-0.2, -0.15) is 0 Å². The minimum Gasteiger partial charge on any atom is -0.477 e. The largest absolute Gasteiger partial charge is 0.477 e. The molecule has 0 bridgehead atoms. The first-order valence-electron chi connectivity index (χ1n) is 4.15. The fraction of sp³-hybridized carbons (Fsp3) is 0.375. The van der Waals surface area contributed by atoms with Gasteiger partial charge in [0.2, 0.25) is 10.0 Å². The number of rotatable bonds is 5. The third-order valence-corrected chi connectivity index (χ3v) is 3.47. The summed E-state index contributed by atoms with van der Waals surface area (Å²) in [5, 5.41) is 8.65. The predicted octanol–water partition coefficient (Wildman–Crippen LogP) is 0.538. The Morgan fingerprint density at radius 1 is 1.53 bits per heavy atom. The third-order valence-electron chi connectivity index (χ3n) is 1.61. The van der Waals surface area contributed by atoms with Crippen LogP contribution in [-0.2, 0) is 16.4 Å². The van der Waals surface area contributed by atoms with E-state index in [4.69, 9.17) is 5.11 Å². The molecule has 1 aromatic rings. The molecule has 5 nitrogen and oxygen atoms in total. The molecular weight excluding hydrogens is 238 g/mol. The van der Waals surface area contributed by atoms with E-state index in [1.807, 2.05) is 0 Å². The zero-order valence-electron chi connectivity index (χ0n) is 8.06. The van der Waals surface area contributed by atoms with E-state index in [0.29, 0.717) is 13.0 Å². The Hall–Kier alpha value is -0.920. The Morgan fingerprint density at radius 3 is 2.67 bits per heavy atom. The molecule has 0 aromatic carbocycles. The standard InChI is InChI=1S/C8H11NO4S2/c1-15(12,13)9-5-4-6-2-3-7(14-6)8(10)11/h2-3,9H,4-5H2,1H3,(H,10,11). The van der Waals surface area contributed by atoms with Crippen molar-refractivity contribution in [3.8, 4) is 0 Å². The van der Waals surface area contributed by atoms with E-state index < -0.39 is 16.0 Å². The highest BCUT2D eigenvalue weighted by Gasteiger charge is 2.07. The van der Waals surface area contributed by atoms with Gasteiger partial charge in [-0.25, -0.2) is 17.9 Å². The van der Waals surface area contributed by atoms with Crippen LogP contribution in [0.2, 0.25) is 0 Å². The molecule has 0 aliphatic heterocycles. The van der Waals surface area contributed by atoms with E-state index in [0.717, 1.165) is 22.5 Å². The van der Waals surface area contributed by atoms with Crippen molar-refractivity contribution in [3.63, 3.8) is 0 Å². The second-order valence-corrected chi connectivity index (χ2v) is 5.99. The number of sulfonamides is 1. The summed E-state index contributed by atoms with van der Waals surface area (Å²) >= 11 is 1.16. The Morgan fingerprint density at radius 2 is 2.20 bits per heavy atom. The van der Waals surface area contributed by atoms with Crippen molar-refractivity contribution >= 4 is 27.3 Å². The van der Waals surface area contributed by atoms with Crippen molar-refractivity contribution in [2.75, 3.05) is 12.8 Å². The van der Waals surface area contributed by atoms with Crippen LogP contribution in [0.25, 0.3) is 0 Å². The van der Waals surface area contributed by atoms with Crippen LogP contribution in [0.15, 0.2) is 12.1 Å². The van der Waals surface area contributed by atoms with Crippen molar-refractivity contribution in [1.29, 1.82) is 0 Å². The Bertz CT molecular complexity index is 449. The molecule has 0 amide bonds. The van der Waals surface area contributed by atoms with Gasteiger partial charge in [-0.1, -0.05) is 0 Å². The van der Waals surface area contributed by atoms with Crippen LogP contribution in [-0.4, -0.2) is 32.3 Å². The van der Waals surface area contributed by atoms with Gasteiger partial charge >= 0.3 is 5.97 Å². The van der Waals surface area contributed by atoms with E-state index in [1.165, 1.54) is 6.07 Å². The van der Waals surface area contributed by atoms with Gasteiger partial charge in [-0.15, -0.1) is 11.3 Å². The molecule has 1 rings (SSSR count). The number of hydrogen-bond donors (Lipinski definition) is 2. The number of hydrogen-bond acceptors (Lipinski definition) is 4. The quantitative estimate of drug-likeness (QED) is 0.797. The van der Waals surface area contributed by atoms with Gasteiger partial charge in [-0.05, 0) is 18.6 Å². The number of carboxylic acid groups (broad SMARTS) is 1. The van der Waals surface area contributed by atoms with Crippen molar-refractivity contribution in [3.05, 3.63) is 21.9 Å². The zero-order valence-corrected chi connectivity index (χ0v) is 9.69. The van der Waals surface area contributed by atoms with Gasteiger partial charge in [0.15, 0.2) is 0 Å². The molecular formula is C8H11NO4S2. The van der Waals surface area contributed by atoms with E-state index in [-0.39, 0.29) is 4.88 Å². The van der Waals surface area contributed by atoms with Gasteiger partial charge in [0.05, 0.1) is 6.26 Å². The summed E-state index contributed by atoms with van der Waals surface area (Å²) in [5.41, 5.74) is 0. The lowest BCUT2D eigenvalue weighted by molar-refractivity contribution is 0.0702. The second kappa shape index (κ2) is 4.73. The lowest BCUT2D eigenvalue weighted by atomic mass is 10.3. The molecule has 0 radical (unpaired) electrons. The second-order valence-electron chi connectivity index (χ2n) is 2.99. The molecule has 0 atom stereocenters. The van der Waals surface area contributed by atoms with E-state index >= 15 is 0 Å². The summed E-state index contributed by atoms with van der Waals surface area (Å²) in [6.07, 6.45) is 1.59. The lowest BCUT2D eigenvalue weighted by Crippen LogP contribution is -2.23. The monoisotopic (exact) mass is 249 g/mol. The fourth-order valence-electron chi connectivity index (χ4n) is 0.987. The highest BCUT2D eigenvalue weighted by molar-refractivity contribution is 7.88. The summed E-state index contributed by atoms with van der Waals surface area (Å²) in [6.45, 7) is 0.290. The molecule has 0 aliphatic rings. The molecule has 0 saturated carbocycles. The summed E-state index contributed by atoms with van der Waals surface area (Å²) in [5.74, 6) is -0.956. The molecule has 2 N–H and O–H groups in total. The molecule has 7 heteroatoms. The van der Waals surface area contributed by atoms with Crippen LogP contribution >= 0.6 is 11.3 Å². The molecule has 1 heterocycles. The van der Waals surface area contributed by atoms with Gasteiger partial charge in [0.1, 0.15) is 4.88 Å². The number of aromatic carboxylic acids is 1. The molecule has 0 spiro atoms. The van der Waals surface area contributed by atoms with Gasteiger partial charge in [-0.3, -0.25) is 0 Å². The maximum atomic E-state index is 10.7. The zero-order chi connectivity index (χ0) is 11.5. The normalized spacial score (nSPS) is 11.5. The van der Waals surface area contributed by atoms with Crippen LogP contribution in [0.5, 0.6) is 0 Å². The first-order valence-corrected chi connectivity index (χ1v) is 6.86. The molecule has 0 aliphatic carbocycles. The van der Waals surface area contributed by atoms with Gasteiger partial charge < -0.3 is 5.11 Å². The van der Waals surface area contributed by atoms with Crippen LogP contribution in [0.4, 0.5) is 0 Å². The SMILES string of the molecule is CS(=O)(=O)NCCc1ccc(C(=O)O)s1. The van der Waals surface area contributed by atoms with E-state index in [2.05, 4.69) is 4.72 Å². The van der Waals surface area contributed by atoms with Crippen molar-refractivity contribution in [2.45, 2.75) is 6.42 Å². The van der Waals surface area contributed by atoms with Crippen LogP contribution in [0.3, 0.4) is 0 Å². The minimum absolute atomic E-state index is 0.268. The minimum atomic E-state index is -3.17. The average molecular weight is 249 g/mol. The Labute approximate surface area is 91.8 Å². The first-order chi connectivity index (χ1) is 6.88. The molecule has 0 unspecified atom stereocenters. The van der Waals surface area contributed by atoms with Crippen molar-refractivity contribution < 1.29 is 18.3 Å². The number of nitrogens with one attached hydrogen (secondary N) is 1. The maximum Gasteiger partial charge on any atom is 0.345 e. The summed E-state index contributed by atoms with van der Waals surface area (Å²) in [6, 6.07) is 3.21. The molecule has 84 valence electrons. The average Bonchev–Trinajstić information content (AvgIpc) is 2.50. The van der Waals surface area contributed by atoms with Gasteiger partial charge in [0, 0.05) is 11.4 Å². The van der Waals surface area contributed by atoms with Crippen molar-refractivity contribution in [1.82, 2.24) is 4.72 Å². The van der Waals surface area contributed by atoms with Gasteiger partial charge in [0.25, 0.3) is 0 Å². The molecule has 0 fully saturated rings. The topological polar surface area (TPSA) is 83.5 Å². The number of thiophene rings is 1. The maximum absolute atomic E-state index is 10.7. The Balaban J connectivity index is 2.48. The Kier molecular flexibility index (Phi) is 3.83. The number of carbonyl (C=O) groups is 1. The highest BCUT2D eigenvalue weighted by Crippen LogP contribution is 2.16. The smallest absolute Gasteiger partial charge is 0.345 e. The lowest BCUT2D eigenvalue weighted by Gasteiger charge is -1.99. The highest BCUT2D eigenvalue weighted by atomic mass is 32.2. The first kappa shape index (κ1) is 12.2. The van der Waals surface area contributed by atoms with E-state index in [9.17, 15) is 13.2 Å². The summed E-state index contributed by atoms with van der Waals surface area (Å²) < 4.78 is 23.8. The molecule has 0 saturated heterocycles. The summed E-state index contributed by atoms with van der Waals surface area (Å²) in [7, 11) is -3.17. The van der Waals surface area contributed by atoms with Crippen molar-refractivity contribution in [2.24, 2.45) is 0 Å². The summed E-state index contributed by atoms with van der Waals surface area (Å²) in [4.78, 5) is 11.7. The number of carboxylic acids is 1. The molecule has 15 heavy (non-hydrogen) atoms.